The number of fused-ring (bicyclic) bond motifs is 1. The monoisotopic (exact) mass is 383 g/mol. The molecular formula is C19H21N5O2S. The van der Waals surface area contributed by atoms with Gasteiger partial charge in [0.05, 0.1) is 6.33 Å². The van der Waals surface area contributed by atoms with Gasteiger partial charge in [-0.05, 0) is 49.9 Å². The molecule has 4 rings (SSSR count). The maximum absolute atomic E-state index is 12.6. The van der Waals surface area contributed by atoms with Crippen LogP contribution in [-0.2, 0) is 4.79 Å². The van der Waals surface area contributed by atoms with Crippen LogP contribution in [0.1, 0.15) is 24.0 Å². The third-order valence-electron chi connectivity index (χ3n) is 5.10. The molecule has 1 aromatic carbocycles. The lowest BCUT2D eigenvalue weighted by atomic mass is 9.96. The van der Waals surface area contributed by atoms with Crippen molar-refractivity contribution in [2.75, 3.05) is 23.3 Å². The molecule has 0 saturated carbocycles. The topological polar surface area (TPSA) is 91.0 Å². The van der Waals surface area contributed by atoms with Gasteiger partial charge in [0.1, 0.15) is 4.70 Å². The van der Waals surface area contributed by atoms with Crippen LogP contribution in [0.3, 0.4) is 0 Å². The van der Waals surface area contributed by atoms with E-state index in [4.69, 9.17) is 0 Å². The average Bonchev–Trinajstić information content (AvgIpc) is 3.11. The van der Waals surface area contributed by atoms with Crippen molar-refractivity contribution >= 4 is 38.4 Å². The third-order valence-corrected chi connectivity index (χ3v) is 6.20. The van der Waals surface area contributed by atoms with Crippen LogP contribution < -0.4 is 15.8 Å². The molecule has 8 heteroatoms. The van der Waals surface area contributed by atoms with Gasteiger partial charge < -0.3 is 15.2 Å². The summed E-state index contributed by atoms with van der Waals surface area (Å²) in [6, 6.07) is 5.98. The number of aryl methyl sites for hydroxylation is 2. The number of nitrogens with zero attached hydrogens (tertiary/aromatic N) is 3. The molecule has 3 aromatic rings. The van der Waals surface area contributed by atoms with E-state index in [9.17, 15) is 9.59 Å². The van der Waals surface area contributed by atoms with Crippen molar-refractivity contribution in [3.05, 3.63) is 46.0 Å². The van der Waals surface area contributed by atoms with Crippen molar-refractivity contribution in [1.29, 1.82) is 0 Å². The van der Waals surface area contributed by atoms with Crippen molar-refractivity contribution in [1.82, 2.24) is 15.0 Å². The first-order valence-electron chi connectivity index (χ1n) is 8.98. The van der Waals surface area contributed by atoms with Crippen LogP contribution in [0.2, 0.25) is 0 Å². The van der Waals surface area contributed by atoms with Gasteiger partial charge in [-0.2, -0.15) is 4.98 Å². The number of hydrogen-bond acceptors (Lipinski definition) is 6. The van der Waals surface area contributed by atoms with E-state index in [1.807, 2.05) is 25.1 Å². The van der Waals surface area contributed by atoms with Crippen molar-refractivity contribution < 1.29 is 4.79 Å². The fraction of sp³-hybridized carbons (Fsp3) is 0.368. The molecule has 2 N–H and O–H groups in total. The van der Waals surface area contributed by atoms with E-state index < -0.39 is 0 Å². The summed E-state index contributed by atoms with van der Waals surface area (Å²) in [4.78, 5) is 37.7. The first kappa shape index (κ1) is 17.7. The summed E-state index contributed by atoms with van der Waals surface area (Å²) < 4.78 is 0.544. The Kier molecular flexibility index (Phi) is 4.65. The highest BCUT2D eigenvalue weighted by Crippen LogP contribution is 2.29. The van der Waals surface area contributed by atoms with Crippen LogP contribution in [0.5, 0.6) is 0 Å². The molecule has 0 aliphatic carbocycles. The minimum Gasteiger partial charge on any atom is -0.348 e. The minimum absolute atomic E-state index is 0.0150. The molecular weight excluding hydrogens is 362 g/mol. The fourth-order valence-corrected chi connectivity index (χ4v) is 4.25. The number of benzene rings is 1. The number of nitrogens with one attached hydrogen (secondary N) is 2. The number of aromatic amines is 1. The molecule has 1 aliphatic rings. The van der Waals surface area contributed by atoms with Gasteiger partial charge in [-0.25, -0.2) is 4.98 Å². The molecule has 2 aromatic heterocycles. The lowest BCUT2D eigenvalue weighted by molar-refractivity contribution is -0.120. The predicted molar refractivity (Wildman–Crippen MR) is 108 cm³/mol. The van der Waals surface area contributed by atoms with E-state index >= 15 is 0 Å². The van der Waals surface area contributed by atoms with E-state index in [1.165, 1.54) is 28.8 Å². The third kappa shape index (κ3) is 3.57. The Hall–Kier alpha value is -2.74. The number of thiazole rings is 1. The van der Waals surface area contributed by atoms with Crippen LogP contribution in [-0.4, -0.2) is 33.9 Å². The molecule has 1 saturated heterocycles. The summed E-state index contributed by atoms with van der Waals surface area (Å²) in [6.07, 6.45) is 2.89. The molecule has 1 amide bonds. The molecule has 0 radical (unpaired) electrons. The zero-order chi connectivity index (χ0) is 19.0. The molecule has 3 heterocycles. The number of carbonyl (C=O) groups excluding carboxylic acids is 1. The zero-order valence-corrected chi connectivity index (χ0v) is 16.1. The van der Waals surface area contributed by atoms with Crippen LogP contribution in [0.4, 0.5) is 10.8 Å². The Morgan fingerprint density at radius 2 is 2.04 bits per heavy atom. The van der Waals surface area contributed by atoms with E-state index in [0.717, 1.165) is 36.8 Å². The number of amides is 1. The molecule has 0 atom stereocenters. The van der Waals surface area contributed by atoms with Crippen LogP contribution >= 0.6 is 11.3 Å². The van der Waals surface area contributed by atoms with Gasteiger partial charge in [0.15, 0.2) is 10.8 Å². The Morgan fingerprint density at radius 1 is 1.26 bits per heavy atom. The molecule has 0 bridgehead atoms. The van der Waals surface area contributed by atoms with Gasteiger partial charge in [0.25, 0.3) is 5.56 Å². The highest BCUT2D eigenvalue weighted by molar-refractivity contribution is 7.22. The van der Waals surface area contributed by atoms with Gasteiger partial charge in [0, 0.05) is 24.7 Å². The van der Waals surface area contributed by atoms with E-state index in [1.54, 1.807) is 0 Å². The molecule has 27 heavy (non-hydrogen) atoms. The lowest BCUT2D eigenvalue weighted by Gasteiger charge is -2.31. The summed E-state index contributed by atoms with van der Waals surface area (Å²) in [6.45, 7) is 5.58. The fourth-order valence-electron chi connectivity index (χ4n) is 3.29. The maximum atomic E-state index is 12.6. The van der Waals surface area contributed by atoms with E-state index in [0.29, 0.717) is 10.3 Å². The largest absolute Gasteiger partial charge is 0.348 e. The number of hydrogen-bond donors (Lipinski definition) is 2. The zero-order valence-electron chi connectivity index (χ0n) is 15.3. The first-order chi connectivity index (χ1) is 13.0. The Balaban J connectivity index is 1.40. The SMILES string of the molecule is Cc1ccc(NC(=O)C2CCN(c3nc4nc[nH]c(=O)c4s3)CC2)cc1C. The molecule has 0 unspecified atom stereocenters. The molecule has 1 aliphatic heterocycles. The van der Waals surface area contributed by atoms with Crippen molar-refractivity contribution in [3.63, 3.8) is 0 Å². The summed E-state index contributed by atoms with van der Waals surface area (Å²) in [5.41, 5.74) is 3.55. The Labute approximate surface area is 160 Å². The van der Waals surface area contributed by atoms with Crippen molar-refractivity contribution in [2.45, 2.75) is 26.7 Å². The minimum atomic E-state index is -0.161. The molecule has 0 spiro atoms. The number of rotatable bonds is 3. The highest BCUT2D eigenvalue weighted by Gasteiger charge is 2.27. The molecule has 1 fully saturated rings. The maximum Gasteiger partial charge on any atom is 0.270 e. The van der Waals surface area contributed by atoms with E-state index in [2.05, 4.69) is 32.1 Å². The number of aromatic nitrogens is 3. The normalized spacial score (nSPS) is 15.3. The lowest BCUT2D eigenvalue weighted by Crippen LogP contribution is -2.38. The Bertz CT molecular complexity index is 1050. The number of H-pyrrole nitrogens is 1. The molecule has 7 nitrogen and oxygen atoms in total. The second-order valence-corrected chi connectivity index (χ2v) is 7.91. The van der Waals surface area contributed by atoms with Crippen LogP contribution in [0, 0.1) is 19.8 Å². The second-order valence-electron chi connectivity index (χ2n) is 6.93. The smallest absolute Gasteiger partial charge is 0.270 e. The molecule has 140 valence electrons. The summed E-state index contributed by atoms with van der Waals surface area (Å²) in [5.74, 6) is 0.0547. The van der Waals surface area contributed by atoms with Crippen molar-refractivity contribution in [3.8, 4) is 0 Å². The van der Waals surface area contributed by atoms with Gasteiger partial charge in [-0.3, -0.25) is 9.59 Å². The first-order valence-corrected chi connectivity index (χ1v) is 9.80. The second kappa shape index (κ2) is 7.11. The number of anilines is 2. The van der Waals surface area contributed by atoms with Crippen molar-refractivity contribution in [2.24, 2.45) is 5.92 Å². The van der Waals surface area contributed by atoms with Crippen LogP contribution in [0.15, 0.2) is 29.3 Å². The number of piperidine rings is 1. The van der Waals surface area contributed by atoms with Crippen LogP contribution in [0.25, 0.3) is 10.3 Å². The standard InChI is InChI=1S/C19H21N5O2S/c1-11-3-4-14(9-12(11)2)22-17(25)13-5-7-24(8-6-13)19-23-16-15(27-19)18(26)21-10-20-16/h3-4,9-10,13H,5-8H2,1-2H3,(H,22,25)(H,20,21,26). The predicted octanol–water partition coefficient (Wildman–Crippen LogP) is 2.85. The van der Waals surface area contributed by atoms with Gasteiger partial charge in [-0.1, -0.05) is 17.4 Å². The summed E-state index contributed by atoms with van der Waals surface area (Å²) in [5, 5.41) is 3.83. The summed E-state index contributed by atoms with van der Waals surface area (Å²) >= 11 is 1.35. The highest BCUT2D eigenvalue weighted by atomic mass is 32.1. The van der Waals surface area contributed by atoms with E-state index in [-0.39, 0.29) is 17.4 Å². The quantitative estimate of drug-likeness (QED) is 0.726. The number of carbonyl (C=O) groups is 1. The van der Waals surface area contributed by atoms with Gasteiger partial charge in [-0.15, -0.1) is 0 Å². The summed E-state index contributed by atoms with van der Waals surface area (Å²) in [7, 11) is 0. The average molecular weight is 383 g/mol. The van der Waals surface area contributed by atoms with Gasteiger partial charge in [0.2, 0.25) is 5.91 Å². The van der Waals surface area contributed by atoms with Gasteiger partial charge >= 0.3 is 0 Å². The Morgan fingerprint density at radius 3 is 2.74 bits per heavy atom.